The Hall–Kier alpha value is -0.610. The average molecular weight is 268 g/mol. The van der Waals surface area contributed by atoms with E-state index in [-0.39, 0.29) is 18.1 Å². The smallest absolute Gasteiger partial charge is 0.249 e. The van der Waals surface area contributed by atoms with E-state index in [1.807, 2.05) is 6.92 Å². The van der Waals surface area contributed by atoms with Gasteiger partial charge in [-0.05, 0) is 58.4 Å². The van der Waals surface area contributed by atoms with Gasteiger partial charge in [-0.2, -0.15) is 0 Å². The minimum Gasteiger partial charge on any atom is -0.365 e. The molecule has 4 nitrogen and oxygen atoms in total. The molecule has 0 bridgehead atoms. The number of carbonyl (C=O) groups excluding carboxylic acids is 1. The van der Waals surface area contributed by atoms with E-state index < -0.39 is 0 Å². The quantitative estimate of drug-likeness (QED) is 0.742. The Balaban J connectivity index is 1.62. The van der Waals surface area contributed by atoms with E-state index >= 15 is 0 Å². The van der Waals surface area contributed by atoms with Crippen LogP contribution in [-0.4, -0.2) is 36.7 Å². The Morgan fingerprint density at radius 3 is 2.37 bits per heavy atom. The van der Waals surface area contributed by atoms with Crippen molar-refractivity contribution in [3.63, 3.8) is 0 Å². The molecule has 0 saturated heterocycles. The molecule has 0 aromatic carbocycles. The Kier molecular flexibility index (Phi) is 5.64. The number of hydrogen-bond donors (Lipinski definition) is 2. The minimum atomic E-state index is -0.300. The van der Waals surface area contributed by atoms with Crippen LogP contribution in [0.15, 0.2) is 0 Å². The minimum absolute atomic E-state index is 0.0636. The van der Waals surface area contributed by atoms with Gasteiger partial charge in [0.2, 0.25) is 5.91 Å². The first-order valence-electron chi connectivity index (χ1n) is 7.88. The van der Waals surface area contributed by atoms with E-state index in [2.05, 4.69) is 17.6 Å². The molecule has 19 heavy (non-hydrogen) atoms. The number of rotatable bonds is 7. The summed E-state index contributed by atoms with van der Waals surface area (Å²) in [6.07, 6.45) is 7.90. The molecule has 4 heteroatoms. The number of ether oxygens (including phenoxy) is 1. The van der Waals surface area contributed by atoms with Crippen LogP contribution in [0.1, 0.15) is 58.8 Å². The third kappa shape index (κ3) is 5.11. The van der Waals surface area contributed by atoms with Crippen molar-refractivity contribution in [3.8, 4) is 0 Å². The SMILES string of the molecule is CCCNC1CCC(OC(C)C(=O)NC2CC2)CC1. The highest BCUT2D eigenvalue weighted by atomic mass is 16.5. The lowest BCUT2D eigenvalue weighted by atomic mass is 9.93. The van der Waals surface area contributed by atoms with E-state index in [1.165, 1.54) is 19.3 Å². The van der Waals surface area contributed by atoms with Crippen LogP contribution in [0.4, 0.5) is 0 Å². The molecule has 110 valence electrons. The maximum absolute atomic E-state index is 11.8. The van der Waals surface area contributed by atoms with Crippen LogP contribution in [0.3, 0.4) is 0 Å². The fourth-order valence-electron chi connectivity index (χ4n) is 2.65. The molecule has 0 radical (unpaired) electrons. The standard InChI is InChI=1S/C15H28N2O2/c1-3-10-16-12-6-8-14(9-7-12)19-11(2)15(18)17-13-4-5-13/h11-14,16H,3-10H2,1-2H3,(H,17,18). The van der Waals surface area contributed by atoms with E-state index in [1.54, 1.807) is 0 Å². The number of hydrogen-bond acceptors (Lipinski definition) is 3. The van der Waals surface area contributed by atoms with Crippen molar-refractivity contribution in [2.24, 2.45) is 0 Å². The van der Waals surface area contributed by atoms with Gasteiger partial charge in [0, 0.05) is 12.1 Å². The normalized spacial score (nSPS) is 28.9. The molecule has 0 heterocycles. The number of carbonyl (C=O) groups is 1. The van der Waals surface area contributed by atoms with Crippen molar-refractivity contribution in [2.45, 2.75) is 83.1 Å². The predicted molar refractivity (Wildman–Crippen MR) is 76.0 cm³/mol. The van der Waals surface area contributed by atoms with Crippen LogP contribution in [0.2, 0.25) is 0 Å². The maximum Gasteiger partial charge on any atom is 0.249 e. The summed E-state index contributed by atoms with van der Waals surface area (Å²) in [7, 11) is 0. The summed E-state index contributed by atoms with van der Waals surface area (Å²) in [5, 5.41) is 6.57. The lowest BCUT2D eigenvalue weighted by Gasteiger charge is -2.30. The molecule has 2 rings (SSSR count). The molecule has 0 aromatic rings. The fraction of sp³-hybridized carbons (Fsp3) is 0.933. The Labute approximate surface area is 116 Å². The zero-order valence-electron chi connectivity index (χ0n) is 12.3. The highest BCUT2D eigenvalue weighted by Crippen LogP contribution is 2.23. The van der Waals surface area contributed by atoms with Crippen LogP contribution < -0.4 is 10.6 Å². The molecular weight excluding hydrogens is 240 g/mol. The van der Waals surface area contributed by atoms with E-state index in [0.717, 1.165) is 32.2 Å². The van der Waals surface area contributed by atoms with E-state index in [0.29, 0.717) is 12.1 Å². The average Bonchev–Trinajstić information content (AvgIpc) is 3.22. The van der Waals surface area contributed by atoms with Gasteiger partial charge in [-0.3, -0.25) is 4.79 Å². The highest BCUT2D eigenvalue weighted by Gasteiger charge is 2.28. The summed E-state index contributed by atoms with van der Waals surface area (Å²) in [5.74, 6) is 0.0636. The third-order valence-electron chi connectivity index (χ3n) is 4.05. The first kappa shape index (κ1) is 14.8. The van der Waals surface area contributed by atoms with Crippen LogP contribution >= 0.6 is 0 Å². The molecule has 1 amide bonds. The second-order valence-electron chi connectivity index (χ2n) is 5.99. The highest BCUT2D eigenvalue weighted by molar-refractivity contribution is 5.80. The van der Waals surface area contributed by atoms with Crippen molar-refractivity contribution in [2.75, 3.05) is 6.54 Å². The number of nitrogens with one attached hydrogen (secondary N) is 2. The van der Waals surface area contributed by atoms with E-state index in [4.69, 9.17) is 4.74 Å². The molecule has 0 spiro atoms. The van der Waals surface area contributed by atoms with Gasteiger partial charge >= 0.3 is 0 Å². The lowest BCUT2D eigenvalue weighted by molar-refractivity contribution is -0.136. The van der Waals surface area contributed by atoms with Gasteiger partial charge in [0.1, 0.15) is 6.10 Å². The van der Waals surface area contributed by atoms with Crippen molar-refractivity contribution in [3.05, 3.63) is 0 Å². The summed E-state index contributed by atoms with van der Waals surface area (Å²) in [4.78, 5) is 11.8. The van der Waals surface area contributed by atoms with Gasteiger partial charge in [0.25, 0.3) is 0 Å². The lowest BCUT2D eigenvalue weighted by Crippen LogP contribution is -2.40. The Bertz CT molecular complexity index is 284. The molecule has 0 aromatic heterocycles. The Morgan fingerprint density at radius 1 is 1.16 bits per heavy atom. The predicted octanol–water partition coefficient (Wildman–Crippen LogP) is 1.98. The second-order valence-corrected chi connectivity index (χ2v) is 5.99. The molecule has 2 saturated carbocycles. The molecule has 2 aliphatic rings. The van der Waals surface area contributed by atoms with Crippen molar-refractivity contribution in [1.29, 1.82) is 0 Å². The maximum atomic E-state index is 11.8. The van der Waals surface area contributed by atoms with Crippen molar-refractivity contribution >= 4 is 5.91 Å². The molecule has 1 unspecified atom stereocenters. The second kappa shape index (κ2) is 7.25. The largest absolute Gasteiger partial charge is 0.365 e. The summed E-state index contributed by atoms with van der Waals surface area (Å²) in [5.41, 5.74) is 0. The summed E-state index contributed by atoms with van der Waals surface area (Å²) < 4.78 is 5.89. The zero-order valence-corrected chi connectivity index (χ0v) is 12.3. The summed E-state index contributed by atoms with van der Waals surface area (Å²) in [6, 6.07) is 1.07. The summed E-state index contributed by atoms with van der Waals surface area (Å²) >= 11 is 0. The molecule has 2 fully saturated rings. The monoisotopic (exact) mass is 268 g/mol. The fourth-order valence-corrected chi connectivity index (χ4v) is 2.65. The Morgan fingerprint density at radius 2 is 1.79 bits per heavy atom. The first-order valence-corrected chi connectivity index (χ1v) is 7.88. The first-order chi connectivity index (χ1) is 9.19. The van der Waals surface area contributed by atoms with Gasteiger partial charge in [-0.25, -0.2) is 0 Å². The molecule has 2 N–H and O–H groups in total. The van der Waals surface area contributed by atoms with Crippen molar-refractivity contribution in [1.82, 2.24) is 10.6 Å². The van der Waals surface area contributed by atoms with Gasteiger partial charge in [-0.15, -0.1) is 0 Å². The van der Waals surface area contributed by atoms with Crippen LogP contribution in [0, 0.1) is 0 Å². The van der Waals surface area contributed by atoms with Gasteiger partial charge in [0.05, 0.1) is 6.10 Å². The zero-order chi connectivity index (χ0) is 13.7. The summed E-state index contributed by atoms with van der Waals surface area (Å²) in [6.45, 7) is 5.18. The van der Waals surface area contributed by atoms with Crippen molar-refractivity contribution < 1.29 is 9.53 Å². The van der Waals surface area contributed by atoms with Gasteiger partial charge in [-0.1, -0.05) is 6.92 Å². The van der Waals surface area contributed by atoms with Crippen LogP contribution in [0.5, 0.6) is 0 Å². The van der Waals surface area contributed by atoms with Gasteiger partial charge < -0.3 is 15.4 Å². The molecule has 2 aliphatic carbocycles. The molecule has 0 aliphatic heterocycles. The van der Waals surface area contributed by atoms with Gasteiger partial charge in [0.15, 0.2) is 0 Å². The number of amides is 1. The molecule has 1 atom stereocenters. The van der Waals surface area contributed by atoms with E-state index in [9.17, 15) is 4.79 Å². The topological polar surface area (TPSA) is 50.4 Å². The van der Waals surface area contributed by atoms with Crippen LogP contribution in [-0.2, 0) is 9.53 Å². The molecular formula is C15H28N2O2. The van der Waals surface area contributed by atoms with Crippen LogP contribution in [0.25, 0.3) is 0 Å². The third-order valence-corrected chi connectivity index (χ3v) is 4.05.